The van der Waals surface area contributed by atoms with E-state index < -0.39 is 0 Å². The molecule has 0 bridgehead atoms. The number of aryl methyl sites for hydroxylation is 1. The number of pyridine rings is 1. The summed E-state index contributed by atoms with van der Waals surface area (Å²) in [5.41, 5.74) is 4.74. The second-order valence-electron chi connectivity index (χ2n) is 7.84. The average Bonchev–Trinajstić information content (AvgIpc) is 3.19. The summed E-state index contributed by atoms with van der Waals surface area (Å²) in [5.74, 6) is 0.214. The molecular weight excluding hydrogens is 350 g/mol. The van der Waals surface area contributed by atoms with E-state index >= 15 is 0 Å². The molecule has 3 heterocycles. The van der Waals surface area contributed by atoms with Crippen LogP contribution in [0.25, 0.3) is 0 Å². The van der Waals surface area contributed by atoms with Crippen molar-refractivity contribution in [2.45, 2.75) is 32.2 Å². The number of carbonyl (C=O) groups is 1. The Morgan fingerprint density at radius 1 is 1.11 bits per heavy atom. The molecule has 1 aromatic carbocycles. The summed E-state index contributed by atoms with van der Waals surface area (Å²) in [6, 6.07) is 15.2. The van der Waals surface area contributed by atoms with Crippen molar-refractivity contribution in [2.24, 2.45) is 0 Å². The topological polar surface area (TPSA) is 45.7 Å². The Labute approximate surface area is 167 Å². The van der Waals surface area contributed by atoms with E-state index in [2.05, 4.69) is 54.3 Å². The van der Waals surface area contributed by atoms with E-state index in [4.69, 9.17) is 9.72 Å². The first-order chi connectivity index (χ1) is 13.7. The van der Waals surface area contributed by atoms with Gasteiger partial charge in [0, 0.05) is 25.2 Å². The van der Waals surface area contributed by atoms with Crippen LogP contribution in [0.1, 0.15) is 41.4 Å². The van der Waals surface area contributed by atoms with Gasteiger partial charge in [-0.25, -0.2) is 0 Å². The molecule has 1 atom stereocenters. The quantitative estimate of drug-likeness (QED) is 0.801. The highest BCUT2D eigenvalue weighted by atomic mass is 16.5. The van der Waals surface area contributed by atoms with Crippen LogP contribution in [0.5, 0.6) is 0 Å². The van der Waals surface area contributed by atoms with Gasteiger partial charge in [0.15, 0.2) is 0 Å². The lowest BCUT2D eigenvalue weighted by Gasteiger charge is -2.30. The number of likely N-dealkylation sites (tertiary alicyclic amines) is 1. The number of amides is 1. The van der Waals surface area contributed by atoms with Gasteiger partial charge in [-0.05, 0) is 44.0 Å². The molecule has 5 heteroatoms. The van der Waals surface area contributed by atoms with Crippen LogP contribution in [-0.2, 0) is 16.0 Å². The molecule has 0 radical (unpaired) electrons. The van der Waals surface area contributed by atoms with Crippen molar-refractivity contribution in [3.63, 3.8) is 0 Å². The van der Waals surface area contributed by atoms with Crippen LogP contribution < -0.4 is 0 Å². The zero-order chi connectivity index (χ0) is 19.3. The van der Waals surface area contributed by atoms with Crippen molar-refractivity contribution in [2.75, 3.05) is 39.4 Å². The lowest BCUT2D eigenvalue weighted by atomic mass is 10.1. The third kappa shape index (κ3) is 4.59. The molecule has 5 nitrogen and oxygen atoms in total. The molecule has 2 aliphatic rings. The zero-order valence-corrected chi connectivity index (χ0v) is 16.6. The molecule has 2 fully saturated rings. The monoisotopic (exact) mass is 379 g/mol. The third-order valence-corrected chi connectivity index (χ3v) is 5.74. The Balaban J connectivity index is 1.43. The summed E-state index contributed by atoms with van der Waals surface area (Å²) in [6.07, 6.45) is 3.02. The summed E-state index contributed by atoms with van der Waals surface area (Å²) < 4.78 is 5.36. The van der Waals surface area contributed by atoms with Gasteiger partial charge >= 0.3 is 0 Å². The van der Waals surface area contributed by atoms with Gasteiger partial charge in [-0.3, -0.25) is 14.7 Å². The minimum absolute atomic E-state index is 0.214. The van der Waals surface area contributed by atoms with Crippen molar-refractivity contribution in [1.82, 2.24) is 14.8 Å². The maximum absolute atomic E-state index is 12.7. The van der Waals surface area contributed by atoms with Gasteiger partial charge in [-0.1, -0.05) is 35.9 Å². The van der Waals surface area contributed by atoms with Crippen molar-refractivity contribution < 1.29 is 9.53 Å². The van der Waals surface area contributed by atoms with Gasteiger partial charge in [-0.2, -0.15) is 0 Å². The lowest BCUT2D eigenvalue weighted by Crippen LogP contribution is -2.45. The predicted octanol–water partition coefficient (Wildman–Crippen LogP) is 2.98. The van der Waals surface area contributed by atoms with E-state index in [9.17, 15) is 4.79 Å². The number of hydrogen-bond donors (Lipinski definition) is 0. The Morgan fingerprint density at radius 3 is 2.68 bits per heavy atom. The first-order valence-electron chi connectivity index (χ1n) is 10.3. The summed E-state index contributed by atoms with van der Waals surface area (Å²) in [5, 5.41) is 0. The molecule has 28 heavy (non-hydrogen) atoms. The first kappa shape index (κ1) is 19.1. The minimum Gasteiger partial charge on any atom is -0.378 e. The number of nitrogens with zero attached hydrogens (tertiary/aromatic N) is 3. The SMILES string of the molecule is Cc1ccc(Cc2cccc(C3CCCN3CC(=O)N3CCOCC3)n2)cc1. The number of carbonyl (C=O) groups excluding carboxylic acids is 1. The van der Waals surface area contributed by atoms with Crippen LogP contribution in [0.3, 0.4) is 0 Å². The number of morpholine rings is 1. The Kier molecular flexibility index (Phi) is 6.03. The van der Waals surface area contributed by atoms with E-state index in [0.717, 1.165) is 37.2 Å². The summed E-state index contributed by atoms with van der Waals surface area (Å²) >= 11 is 0. The molecule has 0 spiro atoms. The number of benzene rings is 1. The van der Waals surface area contributed by atoms with Crippen molar-refractivity contribution in [3.05, 3.63) is 65.0 Å². The van der Waals surface area contributed by atoms with Gasteiger partial charge in [-0.15, -0.1) is 0 Å². The highest BCUT2D eigenvalue weighted by molar-refractivity contribution is 5.78. The van der Waals surface area contributed by atoms with E-state index in [-0.39, 0.29) is 11.9 Å². The van der Waals surface area contributed by atoms with Crippen LogP contribution in [-0.4, -0.2) is 60.1 Å². The first-order valence-corrected chi connectivity index (χ1v) is 10.3. The average molecular weight is 380 g/mol. The Morgan fingerprint density at radius 2 is 1.89 bits per heavy atom. The van der Waals surface area contributed by atoms with E-state index in [0.29, 0.717) is 32.8 Å². The van der Waals surface area contributed by atoms with Crippen molar-refractivity contribution in [1.29, 1.82) is 0 Å². The molecule has 2 aromatic rings. The van der Waals surface area contributed by atoms with Crippen LogP contribution in [0.4, 0.5) is 0 Å². The van der Waals surface area contributed by atoms with Crippen LogP contribution in [0.15, 0.2) is 42.5 Å². The summed E-state index contributed by atoms with van der Waals surface area (Å²) in [4.78, 5) is 21.9. The van der Waals surface area contributed by atoms with Crippen LogP contribution >= 0.6 is 0 Å². The number of aromatic nitrogens is 1. The molecule has 2 saturated heterocycles. The van der Waals surface area contributed by atoms with Crippen LogP contribution in [0.2, 0.25) is 0 Å². The van der Waals surface area contributed by atoms with Crippen LogP contribution in [0, 0.1) is 6.92 Å². The highest BCUT2D eigenvalue weighted by Crippen LogP contribution is 2.31. The maximum Gasteiger partial charge on any atom is 0.236 e. The third-order valence-electron chi connectivity index (χ3n) is 5.74. The van der Waals surface area contributed by atoms with Gasteiger partial charge < -0.3 is 9.64 Å². The van der Waals surface area contributed by atoms with Gasteiger partial charge in [0.25, 0.3) is 0 Å². The zero-order valence-electron chi connectivity index (χ0n) is 16.6. The fraction of sp³-hybridized carbons (Fsp3) is 0.478. The van der Waals surface area contributed by atoms with E-state index in [1.54, 1.807) is 0 Å². The largest absolute Gasteiger partial charge is 0.378 e. The Bertz CT molecular complexity index is 800. The smallest absolute Gasteiger partial charge is 0.236 e. The molecule has 1 aromatic heterocycles. The minimum atomic E-state index is 0.214. The molecule has 148 valence electrons. The maximum atomic E-state index is 12.7. The molecule has 0 aliphatic carbocycles. The molecule has 0 saturated carbocycles. The molecule has 2 aliphatic heterocycles. The fourth-order valence-corrected chi connectivity index (χ4v) is 4.13. The van der Waals surface area contributed by atoms with Crippen molar-refractivity contribution >= 4 is 5.91 Å². The van der Waals surface area contributed by atoms with E-state index in [1.807, 2.05) is 4.90 Å². The summed E-state index contributed by atoms with van der Waals surface area (Å²) in [6.45, 7) is 6.27. The fourth-order valence-electron chi connectivity index (χ4n) is 4.13. The number of ether oxygens (including phenoxy) is 1. The molecule has 4 rings (SSSR count). The molecule has 0 N–H and O–H groups in total. The lowest BCUT2D eigenvalue weighted by molar-refractivity contribution is -0.136. The van der Waals surface area contributed by atoms with Gasteiger partial charge in [0.2, 0.25) is 5.91 Å². The Hall–Kier alpha value is -2.24. The van der Waals surface area contributed by atoms with Gasteiger partial charge in [0.05, 0.1) is 31.5 Å². The normalized spacial score (nSPS) is 20.5. The molecule has 1 amide bonds. The van der Waals surface area contributed by atoms with E-state index in [1.165, 1.54) is 11.1 Å². The predicted molar refractivity (Wildman–Crippen MR) is 109 cm³/mol. The standard InChI is InChI=1S/C23H29N3O2/c1-18-7-9-19(10-8-18)16-20-4-2-5-21(24-20)22-6-3-11-26(22)17-23(27)25-12-14-28-15-13-25/h2,4-5,7-10,22H,3,6,11-17H2,1H3. The van der Waals surface area contributed by atoms with Crippen molar-refractivity contribution in [3.8, 4) is 0 Å². The highest BCUT2D eigenvalue weighted by Gasteiger charge is 2.30. The van der Waals surface area contributed by atoms with Gasteiger partial charge in [0.1, 0.15) is 0 Å². The number of hydrogen-bond acceptors (Lipinski definition) is 4. The number of rotatable bonds is 5. The second-order valence-corrected chi connectivity index (χ2v) is 7.84. The second kappa shape index (κ2) is 8.84. The summed E-state index contributed by atoms with van der Waals surface area (Å²) in [7, 11) is 0. The molecular formula is C23H29N3O2. The molecule has 1 unspecified atom stereocenters.